The number of carbonyl (C=O) groups excluding carboxylic acids is 1. The largest absolute Gasteiger partial charge is 0.515 e. The van der Waals surface area contributed by atoms with Crippen LogP contribution in [0.5, 0.6) is 5.88 Å². The average molecular weight is 264 g/mol. The number of ether oxygens (including phenoxy) is 2. The van der Waals surface area contributed by atoms with Crippen molar-refractivity contribution in [2.24, 2.45) is 5.73 Å². The van der Waals surface area contributed by atoms with E-state index in [0.717, 1.165) is 22.1 Å². The molecule has 1 aromatic heterocycles. The lowest BCUT2D eigenvalue weighted by Crippen LogP contribution is -2.12. The minimum absolute atomic E-state index is 0.0262. The Labute approximate surface area is 110 Å². The summed E-state index contributed by atoms with van der Waals surface area (Å²) in [6, 6.07) is 7.09. The van der Waals surface area contributed by atoms with Gasteiger partial charge in [0.1, 0.15) is 0 Å². The van der Waals surface area contributed by atoms with Crippen molar-refractivity contribution in [2.75, 3.05) is 13.2 Å². The number of nitrogens with two attached hydrogens (primary N) is 1. The molecule has 0 saturated carbocycles. The predicted octanol–water partition coefficient (Wildman–Crippen LogP) is 1.92. The quantitative estimate of drug-likeness (QED) is 0.650. The van der Waals surface area contributed by atoms with E-state index in [2.05, 4.69) is 4.74 Å². The lowest BCUT2D eigenvalue weighted by molar-refractivity contribution is 0.0879. The van der Waals surface area contributed by atoms with Crippen LogP contribution in [0.15, 0.2) is 24.3 Å². The van der Waals surface area contributed by atoms with E-state index in [0.29, 0.717) is 12.1 Å². The topological polar surface area (TPSA) is 86.7 Å². The van der Waals surface area contributed by atoms with Gasteiger partial charge >= 0.3 is 6.16 Å². The highest BCUT2D eigenvalue weighted by Crippen LogP contribution is 2.25. The summed E-state index contributed by atoms with van der Waals surface area (Å²) in [6.07, 6.45) is -0.0940. The molecule has 0 spiro atoms. The first-order valence-electron chi connectivity index (χ1n) is 6.04. The van der Waals surface area contributed by atoms with Gasteiger partial charge in [-0.1, -0.05) is 6.07 Å². The summed E-state index contributed by atoms with van der Waals surface area (Å²) in [7, 11) is 0. The molecule has 0 amide bonds. The Morgan fingerprint density at radius 1 is 1.42 bits per heavy atom. The Hall–Kier alpha value is -2.21. The highest BCUT2D eigenvalue weighted by atomic mass is 16.7. The first kappa shape index (κ1) is 13.2. The predicted molar refractivity (Wildman–Crippen MR) is 69.5 cm³/mol. The van der Waals surface area contributed by atoms with Gasteiger partial charge in [-0.2, -0.15) is 4.73 Å². The van der Waals surface area contributed by atoms with E-state index in [1.807, 2.05) is 12.1 Å². The van der Waals surface area contributed by atoms with Gasteiger partial charge in [-0.25, -0.2) is 4.79 Å². The lowest BCUT2D eigenvalue weighted by atomic mass is 10.1. The highest BCUT2D eigenvalue weighted by molar-refractivity contribution is 5.83. The smallest absolute Gasteiger partial charge is 0.434 e. The van der Waals surface area contributed by atoms with Gasteiger partial charge in [0.25, 0.3) is 0 Å². The first-order chi connectivity index (χ1) is 9.15. The Kier molecular flexibility index (Phi) is 3.91. The summed E-state index contributed by atoms with van der Waals surface area (Å²) in [5, 5.41) is 10.7. The van der Waals surface area contributed by atoms with Gasteiger partial charge in [-0.15, -0.1) is 0 Å². The van der Waals surface area contributed by atoms with E-state index in [1.54, 1.807) is 19.1 Å². The first-order valence-corrected chi connectivity index (χ1v) is 6.04. The zero-order valence-electron chi connectivity index (χ0n) is 10.6. The molecule has 0 unspecified atom stereocenters. The maximum atomic E-state index is 11.2. The van der Waals surface area contributed by atoms with Gasteiger partial charge in [0, 0.05) is 11.5 Å². The van der Waals surface area contributed by atoms with Crippen molar-refractivity contribution in [2.45, 2.75) is 13.3 Å². The molecule has 0 fully saturated rings. The summed E-state index contributed by atoms with van der Waals surface area (Å²) in [6.45, 7) is 2.44. The van der Waals surface area contributed by atoms with Crippen LogP contribution in [0.3, 0.4) is 0 Å². The van der Waals surface area contributed by atoms with Crippen LogP contribution in [-0.2, 0) is 11.2 Å². The molecule has 102 valence electrons. The van der Waals surface area contributed by atoms with Crippen LogP contribution < -0.4 is 10.5 Å². The molecule has 1 aromatic carbocycles. The zero-order chi connectivity index (χ0) is 13.8. The Morgan fingerprint density at radius 2 is 2.21 bits per heavy atom. The van der Waals surface area contributed by atoms with Crippen molar-refractivity contribution in [1.29, 1.82) is 0 Å². The number of nitrogens with zero attached hydrogens (tertiary/aromatic N) is 1. The standard InChI is InChI=1S/C13H16N2O4/c1-2-18-13(16)19-12-8-10-7-9(5-6-14)3-4-11(10)15(12)17/h3-4,7-8,17H,2,5-6,14H2,1H3. The Bertz CT molecular complexity index is 592. The average Bonchev–Trinajstić information content (AvgIpc) is 2.67. The molecule has 6 heteroatoms. The van der Waals surface area contributed by atoms with E-state index in [4.69, 9.17) is 10.5 Å². The normalized spacial score (nSPS) is 10.6. The second kappa shape index (κ2) is 5.62. The molecule has 0 bridgehead atoms. The highest BCUT2D eigenvalue weighted by Gasteiger charge is 2.13. The summed E-state index contributed by atoms with van der Waals surface area (Å²) in [4.78, 5) is 11.2. The van der Waals surface area contributed by atoms with Crippen LogP contribution in [0.25, 0.3) is 10.9 Å². The summed E-state index contributed by atoms with van der Waals surface area (Å²) >= 11 is 0. The maximum Gasteiger partial charge on any atom is 0.515 e. The Morgan fingerprint density at radius 3 is 2.89 bits per heavy atom. The van der Waals surface area contributed by atoms with Crippen molar-refractivity contribution in [1.82, 2.24) is 4.73 Å². The molecule has 0 radical (unpaired) electrons. The van der Waals surface area contributed by atoms with Crippen LogP contribution in [0.1, 0.15) is 12.5 Å². The van der Waals surface area contributed by atoms with E-state index in [1.165, 1.54) is 0 Å². The molecule has 0 atom stereocenters. The SMILES string of the molecule is CCOC(=O)Oc1cc2cc(CCN)ccc2n1O. The molecule has 2 aromatic rings. The Balaban J connectivity index is 2.30. The molecule has 2 rings (SSSR count). The minimum Gasteiger partial charge on any atom is -0.434 e. The van der Waals surface area contributed by atoms with Gasteiger partial charge < -0.3 is 20.4 Å². The molecule has 1 heterocycles. The molecular formula is C13H16N2O4. The van der Waals surface area contributed by atoms with Gasteiger partial charge in [0.15, 0.2) is 0 Å². The monoisotopic (exact) mass is 264 g/mol. The molecule has 6 nitrogen and oxygen atoms in total. The van der Waals surface area contributed by atoms with Crippen molar-refractivity contribution in [3.8, 4) is 5.88 Å². The van der Waals surface area contributed by atoms with Crippen LogP contribution in [0.2, 0.25) is 0 Å². The van der Waals surface area contributed by atoms with Gasteiger partial charge in [-0.05, 0) is 37.6 Å². The summed E-state index contributed by atoms with van der Waals surface area (Å²) in [5.74, 6) is 0.0262. The van der Waals surface area contributed by atoms with Crippen molar-refractivity contribution < 1.29 is 19.5 Å². The number of hydrogen-bond acceptors (Lipinski definition) is 5. The number of aromatic nitrogens is 1. The number of benzene rings is 1. The number of fused-ring (bicyclic) bond motifs is 1. The second-order valence-electron chi connectivity index (χ2n) is 4.01. The van der Waals surface area contributed by atoms with E-state index in [9.17, 15) is 10.0 Å². The van der Waals surface area contributed by atoms with Crippen LogP contribution in [0.4, 0.5) is 4.79 Å². The number of hydrogen-bond donors (Lipinski definition) is 2. The molecule has 0 aliphatic heterocycles. The fourth-order valence-corrected chi connectivity index (χ4v) is 1.85. The number of rotatable bonds is 4. The van der Waals surface area contributed by atoms with Crippen molar-refractivity contribution in [3.63, 3.8) is 0 Å². The third-order valence-electron chi connectivity index (χ3n) is 2.69. The van der Waals surface area contributed by atoms with Gasteiger partial charge in [-0.3, -0.25) is 0 Å². The fraction of sp³-hybridized carbons (Fsp3) is 0.308. The molecule has 3 N–H and O–H groups in total. The molecule has 19 heavy (non-hydrogen) atoms. The lowest BCUT2D eigenvalue weighted by Gasteiger charge is -2.03. The number of carbonyl (C=O) groups is 1. The van der Waals surface area contributed by atoms with Crippen LogP contribution in [-0.4, -0.2) is 29.2 Å². The van der Waals surface area contributed by atoms with Crippen molar-refractivity contribution >= 4 is 17.1 Å². The summed E-state index contributed by atoms with van der Waals surface area (Å²) in [5.41, 5.74) is 7.11. The van der Waals surface area contributed by atoms with Crippen LogP contribution in [0, 0.1) is 0 Å². The molecular weight excluding hydrogens is 248 g/mol. The zero-order valence-corrected chi connectivity index (χ0v) is 10.6. The minimum atomic E-state index is -0.845. The molecule has 0 aliphatic carbocycles. The summed E-state index contributed by atoms with van der Waals surface area (Å²) < 4.78 is 10.4. The van der Waals surface area contributed by atoms with Crippen LogP contribution >= 0.6 is 0 Å². The molecule has 0 aliphatic rings. The second-order valence-corrected chi connectivity index (χ2v) is 4.01. The van der Waals surface area contributed by atoms with Gasteiger partial charge in [0.2, 0.25) is 5.88 Å². The maximum absolute atomic E-state index is 11.2. The van der Waals surface area contributed by atoms with E-state index in [-0.39, 0.29) is 12.5 Å². The van der Waals surface area contributed by atoms with Gasteiger partial charge in [0.05, 0.1) is 12.1 Å². The molecule has 0 saturated heterocycles. The fourth-order valence-electron chi connectivity index (χ4n) is 1.85. The third kappa shape index (κ3) is 2.79. The van der Waals surface area contributed by atoms with Crippen molar-refractivity contribution in [3.05, 3.63) is 29.8 Å². The third-order valence-corrected chi connectivity index (χ3v) is 2.69. The van der Waals surface area contributed by atoms with E-state index < -0.39 is 6.16 Å². The van der Waals surface area contributed by atoms with E-state index >= 15 is 0 Å².